The van der Waals surface area contributed by atoms with Crippen molar-refractivity contribution in [3.8, 4) is 6.07 Å². The highest BCUT2D eigenvalue weighted by Crippen LogP contribution is 2.28. The Morgan fingerprint density at radius 1 is 1.38 bits per heavy atom. The van der Waals surface area contributed by atoms with Crippen molar-refractivity contribution >= 4 is 15.7 Å². The zero-order valence-corrected chi connectivity index (χ0v) is 13.0. The lowest BCUT2D eigenvalue weighted by Gasteiger charge is -2.33. The van der Waals surface area contributed by atoms with Crippen LogP contribution in [0.4, 0.5) is 5.82 Å². The Bertz CT molecular complexity index is 706. The molecular formula is C15H19N3O2S. The van der Waals surface area contributed by atoms with Crippen LogP contribution in [0.5, 0.6) is 0 Å². The molecule has 1 saturated heterocycles. The summed E-state index contributed by atoms with van der Waals surface area (Å²) in [7, 11) is -2.99. The maximum absolute atomic E-state index is 11.8. The smallest absolute Gasteiger partial charge is 0.156 e. The maximum atomic E-state index is 11.8. The molecule has 0 aromatic carbocycles. The van der Waals surface area contributed by atoms with Crippen molar-refractivity contribution < 1.29 is 8.42 Å². The molecule has 2 aliphatic rings. The van der Waals surface area contributed by atoms with E-state index < -0.39 is 15.1 Å². The topological polar surface area (TPSA) is 74.1 Å². The third-order valence-electron chi connectivity index (χ3n) is 4.44. The Morgan fingerprint density at radius 2 is 2.14 bits per heavy atom. The molecule has 1 aromatic heterocycles. The van der Waals surface area contributed by atoms with E-state index in [1.54, 1.807) is 6.92 Å². The van der Waals surface area contributed by atoms with Gasteiger partial charge in [0.25, 0.3) is 0 Å². The summed E-state index contributed by atoms with van der Waals surface area (Å²) in [5.41, 5.74) is 2.83. The minimum absolute atomic E-state index is 0.137. The predicted molar refractivity (Wildman–Crippen MR) is 81.1 cm³/mol. The molecule has 1 aromatic rings. The second kappa shape index (κ2) is 5.30. The van der Waals surface area contributed by atoms with Crippen LogP contribution in [0.3, 0.4) is 0 Å². The summed E-state index contributed by atoms with van der Waals surface area (Å²) in [5, 5.41) is 8.98. The molecule has 5 nitrogen and oxygen atoms in total. The second-order valence-electron chi connectivity index (χ2n) is 5.91. The highest BCUT2D eigenvalue weighted by molar-refractivity contribution is 7.92. The first kappa shape index (κ1) is 14.3. The molecule has 1 aliphatic heterocycles. The van der Waals surface area contributed by atoms with Gasteiger partial charge in [-0.05, 0) is 44.2 Å². The van der Waals surface area contributed by atoms with Crippen molar-refractivity contribution in [1.29, 1.82) is 5.26 Å². The molecule has 0 saturated carbocycles. The number of sulfone groups is 1. The number of aryl methyl sites for hydroxylation is 2. The van der Waals surface area contributed by atoms with Gasteiger partial charge in [-0.25, -0.2) is 13.4 Å². The van der Waals surface area contributed by atoms with Crippen LogP contribution in [0.2, 0.25) is 0 Å². The summed E-state index contributed by atoms with van der Waals surface area (Å²) in [6.45, 7) is 2.57. The van der Waals surface area contributed by atoms with E-state index >= 15 is 0 Å². The largest absolute Gasteiger partial charge is 0.353 e. The number of fused-ring (bicyclic) bond motifs is 1. The van der Waals surface area contributed by atoms with Crippen LogP contribution in [-0.2, 0) is 22.7 Å². The summed E-state index contributed by atoms with van der Waals surface area (Å²) in [5.74, 6) is 0.803. The first-order valence-corrected chi connectivity index (χ1v) is 9.12. The van der Waals surface area contributed by atoms with Crippen molar-refractivity contribution in [2.45, 2.75) is 37.9 Å². The van der Waals surface area contributed by atoms with Crippen molar-refractivity contribution in [2.24, 2.45) is 0 Å². The Labute approximate surface area is 125 Å². The number of nitriles is 1. The van der Waals surface area contributed by atoms with Crippen LogP contribution in [0.1, 0.15) is 36.6 Å². The van der Waals surface area contributed by atoms with E-state index in [-0.39, 0.29) is 5.75 Å². The molecule has 0 spiro atoms. The SMILES string of the molecule is C[C@H]1CN(c2nc3c(cc2C#N)CCCC3)CCS1(=O)=O. The zero-order valence-electron chi connectivity index (χ0n) is 12.2. The van der Waals surface area contributed by atoms with E-state index in [2.05, 4.69) is 6.07 Å². The van der Waals surface area contributed by atoms with E-state index in [9.17, 15) is 13.7 Å². The van der Waals surface area contributed by atoms with Gasteiger partial charge in [0.2, 0.25) is 0 Å². The molecule has 0 unspecified atom stereocenters. The fourth-order valence-electron chi connectivity index (χ4n) is 3.09. The molecule has 1 atom stereocenters. The summed E-state index contributed by atoms with van der Waals surface area (Å²) < 4.78 is 23.7. The van der Waals surface area contributed by atoms with Gasteiger partial charge in [-0.15, -0.1) is 0 Å². The number of aromatic nitrogens is 1. The van der Waals surface area contributed by atoms with Gasteiger partial charge < -0.3 is 4.90 Å². The van der Waals surface area contributed by atoms with Crippen LogP contribution in [0.15, 0.2) is 6.07 Å². The fourth-order valence-corrected chi connectivity index (χ4v) is 4.38. The van der Waals surface area contributed by atoms with Crippen molar-refractivity contribution in [3.05, 3.63) is 22.9 Å². The molecule has 0 bridgehead atoms. The molecule has 112 valence electrons. The third kappa shape index (κ3) is 2.62. The van der Waals surface area contributed by atoms with Crippen molar-refractivity contribution in [2.75, 3.05) is 23.7 Å². The van der Waals surface area contributed by atoms with Crippen molar-refractivity contribution in [3.63, 3.8) is 0 Å². The summed E-state index contributed by atoms with van der Waals surface area (Å²) in [4.78, 5) is 6.66. The minimum Gasteiger partial charge on any atom is -0.353 e. The van der Waals surface area contributed by atoms with Gasteiger partial charge in [-0.1, -0.05) is 0 Å². The third-order valence-corrected chi connectivity index (χ3v) is 6.56. The number of hydrogen-bond donors (Lipinski definition) is 0. The van der Waals surface area contributed by atoms with E-state index in [0.717, 1.165) is 31.4 Å². The average Bonchev–Trinajstić information content (AvgIpc) is 2.48. The Morgan fingerprint density at radius 3 is 2.86 bits per heavy atom. The van der Waals surface area contributed by atoms with Gasteiger partial charge in [0.1, 0.15) is 11.9 Å². The second-order valence-corrected chi connectivity index (χ2v) is 8.45. The van der Waals surface area contributed by atoms with Crippen LogP contribution >= 0.6 is 0 Å². The first-order chi connectivity index (χ1) is 10.0. The van der Waals surface area contributed by atoms with E-state index in [4.69, 9.17) is 4.98 Å². The number of nitrogens with zero attached hydrogens (tertiary/aromatic N) is 3. The molecule has 0 amide bonds. The molecule has 0 N–H and O–H groups in total. The fraction of sp³-hybridized carbons (Fsp3) is 0.600. The number of rotatable bonds is 1. The Hall–Kier alpha value is -1.61. The molecule has 21 heavy (non-hydrogen) atoms. The van der Waals surface area contributed by atoms with E-state index in [1.165, 1.54) is 5.56 Å². The van der Waals surface area contributed by atoms with Crippen LogP contribution < -0.4 is 4.90 Å². The quantitative estimate of drug-likeness (QED) is 0.785. The van der Waals surface area contributed by atoms with Gasteiger partial charge in [0.05, 0.1) is 16.6 Å². The zero-order chi connectivity index (χ0) is 15.0. The molecule has 6 heteroatoms. The Balaban J connectivity index is 1.97. The first-order valence-electron chi connectivity index (χ1n) is 7.40. The number of anilines is 1. The Kier molecular flexibility index (Phi) is 3.62. The lowest BCUT2D eigenvalue weighted by molar-refractivity contribution is 0.568. The van der Waals surface area contributed by atoms with Gasteiger partial charge in [-0.3, -0.25) is 0 Å². The standard InChI is InChI=1S/C15H19N3O2S/c1-11-10-18(6-7-21(11,19)20)15-13(9-16)8-12-4-2-3-5-14(12)17-15/h8,11H,2-7,10H2,1H3/t11-/m0/s1. The maximum Gasteiger partial charge on any atom is 0.156 e. The molecule has 1 aliphatic carbocycles. The molecule has 0 radical (unpaired) electrons. The van der Waals surface area contributed by atoms with Gasteiger partial charge >= 0.3 is 0 Å². The van der Waals surface area contributed by atoms with Crippen LogP contribution in [-0.4, -0.2) is 37.5 Å². The number of hydrogen-bond acceptors (Lipinski definition) is 5. The highest BCUT2D eigenvalue weighted by Gasteiger charge is 2.31. The normalized spacial score (nSPS) is 24.2. The predicted octanol–water partition coefficient (Wildman–Crippen LogP) is 1.46. The van der Waals surface area contributed by atoms with Gasteiger partial charge in [0.15, 0.2) is 9.84 Å². The van der Waals surface area contributed by atoms with Crippen LogP contribution in [0, 0.1) is 11.3 Å². The minimum atomic E-state index is -2.99. The molecule has 2 heterocycles. The van der Waals surface area contributed by atoms with E-state index in [1.807, 2.05) is 11.0 Å². The molecule has 3 rings (SSSR count). The summed E-state index contributed by atoms with van der Waals surface area (Å²) in [6, 6.07) is 4.17. The summed E-state index contributed by atoms with van der Waals surface area (Å²) in [6.07, 6.45) is 4.23. The average molecular weight is 305 g/mol. The van der Waals surface area contributed by atoms with Crippen LogP contribution in [0.25, 0.3) is 0 Å². The molecule has 1 fully saturated rings. The van der Waals surface area contributed by atoms with Gasteiger partial charge in [0, 0.05) is 18.8 Å². The highest BCUT2D eigenvalue weighted by atomic mass is 32.2. The van der Waals surface area contributed by atoms with Crippen molar-refractivity contribution in [1.82, 2.24) is 4.98 Å². The monoisotopic (exact) mass is 305 g/mol. The lowest BCUT2D eigenvalue weighted by Crippen LogP contribution is -2.46. The van der Waals surface area contributed by atoms with E-state index in [0.29, 0.717) is 24.5 Å². The summed E-state index contributed by atoms with van der Waals surface area (Å²) >= 11 is 0. The lowest BCUT2D eigenvalue weighted by atomic mass is 9.95. The van der Waals surface area contributed by atoms with Gasteiger partial charge in [-0.2, -0.15) is 5.26 Å². The number of pyridine rings is 1. The molecular weight excluding hydrogens is 286 g/mol.